The van der Waals surface area contributed by atoms with Crippen LogP contribution in [0.4, 0.5) is 5.13 Å². The van der Waals surface area contributed by atoms with Crippen LogP contribution in [0.1, 0.15) is 5.56 Å². The quantitative estimate of drug-likeness (QED) is 0.685. The Morgan fingerprint density at radius 2 is 2.38 bits per heavy atom. The molecule has 0 fully saturated rings. The van der Waals surface area contributed by atoms with Gasteiger partial charge in [0.25, 0.3) is 10.0 Å². The maximum atomic E-state index is 11.8. The van der Waals surface area contributed by atoms with Crippen LogP contribution in [0.5, 0.6) is 0 Å². The molecule has 0 spiro atoms. The van der Waals surface area contributed by atoms with Crippen molar-refractivity contribution in [3.8, 4) is 0 Å². The molecule has 0 aliphatic heterocycles. The van der Waals surface area contributed by atoms with Gasteiger partial charge in [-0.3, -0.25) is 9.82 Å². The predicted molar refractivity (Wildman–Crippen MR) is 55.2 cm³/mol. The number of aromatic nitrogens is 4. The molecule has 0 amide bonds. The van der Waals surface area contributed by atoms with Gasteiger partial charge in [-0.05, 0) is 0 Å². The van der Waals surface area contributed by atoms with Crippen molar-refractivity contribution in [1.82, 2.24) is 20.4 Å². The number of aliphatic hydroxyl groups is 1. The first kappa shape index (κ1) is 11.0. The van der Waals surface area contributed by atoms with E-state index in [1.807, 2.05) is 0 Å². The molecule has 0 atom stereocenters. The first-order chi connectivity index (χ1) is 7.63. The molecule has 86 valence electrons. The summed E-state index contributed by atoms with van der Waals surface area (Å²) in [5.41, 5.74) is 1.59. The Balaban J connectivity index is 2.33. The van der Waals surface area contributed by atoms with Crippen LogP contribution in [-0.2, 0) is 16.6 Å². The Bertz CT molecular complexity index is 561. The number of aromatic amines is 1. The highest BCUT2D eigenvalue weighted by Crippen LogP contribution is 2.17. The first-order valence-corrected chi connectivity index (χ1v) is 6.42. The summed E-state index contributed by atoms with van der Waals surface area (Å²) in [5, 5.41) is 21.8. The van der Waals surface area contributed by atoms with Crippen molar-refractivity contribution >= 4 is 26.5 Å². The lowest BCUT2D eigenvalue weighted by Gasteiger charge is -2.03. The van der Waals surface area contributed by atoms with Gasteiger partial charge in [-0.25, -0.2) is 0 Å². The van der Waals surface area contributed by atoms with Crippen molar-refractivity contribution in [3.05, 3.63) is 17.3 Å². The molecule has 16 heavy (non-hydrogen) atoms. The highest BCUT2D eigenvalue weighted by molar-refractivity contribution is 7.92. The standard InChI is InChI=1S/C6H7N5O3S2/c12-2-4-1-7-9-5(4)16(13,14)11-6-10-8-3-15-6/h1,3,12H,2H2,(H,7,9)(H,10,11). The van der Waals surface area contributed by atoms with Gasteiger partial charge in [0, 0.05) is 5.56 Å². The minimum Gasteiger partial charge on any atom is -0.392 e. The van der Waals surface area contributed by atoms with Gasteiger partial charge in [0.2, 0.25) is 5.13 Å². The molecule has 0 saturated carbocycles. The summed E-state index contributed by atoms with van der Waals surface area (Å²) in [5.74, 6) is 0. The van der Waals surface area contributed by atoms with Crippen LogP contribution in [0.25, 0.3) is 0 Å². The van der Waals surface area contributed by atoms with Gasteiger partial charge >= 0.3 is 0 Å². The zero-order valence-electron chi connectivity index (χ0n) is 7.78. The average Bonchev–Trinajstić information content (AvgIpc) is 2.85. The third-order valence-electron chi connectivity index (χ3n) is 1.70. The van der Waals surface area contributed by atoms with Crippen molar-refractivity contribution in [3.63, 3.8) is 0 Å². The van der Waals surface area contributed by atoms with Crippen LogP contribution in [0.2, 0.25) is 0 Å². The summed E-state index contributed by atoms with van der Waals surface area (Å²) in [7, 11) is -3.80. The zero-order valence-corrected chi connectivity index (χ0v) is 9.42. The molecule has 0 unspecified atom stereocenters. The van der Waals surface area contributed by atoms with E-state index >= 15 is 0 Å². The summed E-state index contributed by atoms with van der Waals surface area (Å²) in [6, 6.07) is 0. The summed E-state index contributed by atoms with van der Waals surface area (Å²) >= 11 is 1.05. The zero-order chi connectivity index (χ0) is 11.6. The summed E-state index contributed by atoms with van der Waals surface area (Å²) < 4.78 is 25.8. The topological polar surface area (TPSA) is 121 Å². The number of anilines is 1. The van der Waals surface area contributed by atoms with Crippen molar-refractivity contribution in [2.45, 2.75) is 11.6 Å². The van der Waals surface area contributed by atoms with Gasteiger partial charge < -0.3 is 5.11 Å². The summed E-state index contributed by atoms with van der Waals surface area (Å²) in [4.78, 5) is 0. The molecule has 3 N–H and O–H groups in total. The van der Waals surface area contributed by atoms with E-state index in [-0.39, 0.29) is 15.7 Å². The average molecular weight is 261 g/mol. The Labute approximate surface area is 94.4 Å². The van der Waals surface area contributed by atoms with Crippen LogP contribution in [0.15, 0.2) is 16.7 Å². The number of H-pyrrole nitrogens is 1. The fourth-order valence-electron chi connectivity index (χ4n) is 1.03. The normalized spacial score (nSPS) is 11.6. The minimum absolute atomic E-state index is 0.151. The van der Waals surface area contributed by atoms with E-state index in [1.165, 1.54) is 11.7 Å². The third-order valence-corrected chi connectivity index (χ3v) is 3.79. The monoisotopic (exact) mass is 261 g/mol. The largest absolute Gasteiger partial charge is 0.392 e. The highest BCUT2D eigenvalue weighted by atomic mass is 32.2. The van der Waals surface area contributed by atoms with Crippen LogP contribution in [0.3, 0.4) is 0 Å². The van der Waals surface area contributed by atoms with Gasteiger partial charge in [0.05, 0.1) is 12.8 Å². The minimum atomic E-state index is -3.80. The Hall–Kier alpha value is -1.52. The highest BCUT2D eigenvalue weighted by Gasteiger charge is 2.21. The molecule has 0 radical (unpaired) electrons. The van der Waals surface area contributed by atoms with Crippen molar-refractivity contribution in [2.24, 2.45) is 0 Å². The van der Waals surface area contributed by atoms with Crippen molar-refractivity contribution < 1.29 is 13.5 Å². The molecule has 0 bridgehead atoms. The molecule has 2 aromatic heterocycles. The van der Waals surface area contributed by atoms with Crippen LogP contribution in [-0.4, -0.2) is 33.9 Å². The number of rotatable bonds is 4. The number of sulfonamides is 1. The fraction of sp³-hybridized carbons (Fsp3) is 0.167. The lowest BCUT2D eigenvalue weighted by Crippen LogP contribution is -2.15. The SMILES string of the molecule is O=S(=O)(Nc1nncs1)c1[nH]ncc1CO. The maximum absolute atomic E-state index is 11.8. The molecule has 2 rings (SSSR count). The van der Waals surface area contributed by atoms with Gasteiger partial charge in [-0.2, -0.15) is 13.5 Å². The molecule has 0 aliphatic rings. The fourth-order valence-corrected chi connectivity index (χ4v) is 2.85. The number of hydrogen-bond donors (Lipinski definition) is 3. The lowest BCUT2D eigenvalue weighted by atomic mass is 10.4. The smallest absolute Gasteiger partial charge is 0.281 e. The molecule has 2 heterocycles. The van der Waals surface area contributed by atoms with E-state index in [1.54, 1.807) is 0 Å². The number of nitrogens with zero attached hydrogens (tertiary/aromatic N) is 3. The van der Waals surface area contributed by atoms with E-state index < -0.39 is 16.6 Å². The number of hydrogen-bond acceptors (Lipinski definition) is 7. The van der Waals surface area contributed by atoms with E-state index in [0.29, 0.717) is 0 Å². The molecular formula is C6H7N5O3S2. The molecule has 0 saturated heterocycles. The molecule has 0 aliphatic carbocycles. The van der Waals surface area contributed by atoms with Gasteiger partial charge in [0.15, 0.2) is 5.03 Å². The predicted octanol–water partition coefficient (Wildman–Crippen LogP) is -0.446. The number of nitrogens with one attached hydrogen (secondary N) is 2. The summed E-state index contributed by atoms with van der Waals surface area (Å²) in [6.45, 7) is -0.414. The third kappa shape index (κ3) is 2.03. The molecule has 8 nitrogen and oxygen atoms in total. The Kier molecular flexibility index (Phi) is 2.85. The molecular weight excluding hydrogens is 254 g/mol. The second-order valence-electron chi connectivity index (χ2n) is 2.73. The molecule has 0 aromatic carbocycles. The van der Waals surface area contributed by atoms with E-state index in [2.05, 4.69) is 25.1 Å². The van der Waals surface area contributed by atoms with Gasteiger partial charge in [-0.15, -0.1) is 10.2 Å². The van der Waals surface area contributed by atoms with Crippen LogP contribution >= 0.6 is 11.3 Å². The Morgan fingerprint density at radius 1 is 1.56 bits per heavy atom. The molecule has 2 aromatic rings. The lowest BCUT2D eigenvalue weighted by molar-refractivity contribution is 0.278. The van der Waals surface area contributed by atoms with Gasteiger partial charge in [-0.1, -0.05) is 11.3 Å². The second kappa shape index (κ2) is 4.15. The van der Waals surface area contributed by atoms with Gasteiger partial charge in [0.1, 0.15) is 5.51 Å². The number of aliphatic hydroxyl groups excluding tert-OH is 1. The van der Waals surface area contributed by atoms with Crippen molar-refractivity contribution in [2.75, 3.05) is 4.72 Å². The first-order valence-electron chi connectivity index (χ1n) is 4.05. The van der Waals surface area contributed by atoms with Crippen LogP contribution < -0.4 is 4.72 Å². The molecule has 10 heteroatoms. The van der Waals surface area contributed by atoms with E-state index in [0.717, 1.165) is 11.3 Å². The Morgan fingerprint density at radius 3 is 3.00 bits per heavy atom. The van der Waals surface area contributed by atoms with Crippen molar-refractivity contribution in [1.29, 1.82) is 0 Å². The van der Waals surface area contributed by atoms with Crippen LogP contribution in [0, 0.1) is 0 Å². The summed E-state index contributed by atoms with van der Waals surface area (Å²) in [6.07, 6.45) is 1.24. The van der Waals surface area contributed by atoms with E-state index in [9.17, 15) is 8.42 Å². The van der Waals surface area contributed by atoms with E-state index in [4.69, 9.17) is 5.11 Å². The maximum Gasteiger partial charge on any atom is 0.281 e. The second-order valence-corrected chi connectivity index (χ2v) is 5.18.